The third kappa shape index (κ3) is 7.85. The van der Waals surface area contributed by atoms with Crippen molar-refractivity contribution < 1.29 is 0 Å². The Kier molecular flexibility index (Phi) is 11.7. The molecule has 0 spiro atoms. The molecule has 62 heavy (non-hydrogen) atoms. The average Bonchev–Trinajstić information content (AvgIpc) is 3.61. The van der Waals surface area contributed by atoms with Crippen LogP contribution in [0.3, 0.4) is 0 Å². The van der Waals surface area contributed by atoms with Crippen LogP contribution in [0.5, 0.6) is 0 Å². The minimum atomic E-state index is 0.0151. The first-order valence-electron chi connectivity index (χ1n) is 24.2. The third-order valence-corrected chi connectivity index (χ3v) is 14.9. The first-order chi connectivity index (χ1) is 30.6. The summed E-state index contributed by atoms with van der Waals surface area (Å²) >= 11 is 0. The van der Waals surface area contributed by atoms with Gasteiger partial charge in [0.25, 0.3) is 0 Å². The quantitative estimate of drug-likeness (QED) is 0.119. The van der Waals surface area contributed by atoms with Gasteiger partial charge < -0.3 is 4.90 Å². The summed E-state index contributed by atoms with van der Waals surface area (Å²) in [5.41, 5.74) is 20.0. The van der Waals surface area contributed by atoms with Crippen LogP contribution in [0.25, 0.3) is 44.5 Å². The number of hydrogen-bond acceptors (Lipinski definition) is 1. The Hall–Kier alpha value is -5.66. The van der Waals surface area contributed by atoms with Crippen LogP contribution >= 0.6 is 0 Å². The van der Waals surface area contributed by atoms with Crippen molar-refractivity contribution in [3.8, 4) is 44.5 Å². The maximum absolute atomic E-state index is 2.55. The van der Waals surface area contributed by atoms with Crippen LogP contribution in [0.15, 0.2) is 164 Å². The lowest BCUT2D eigenvalue weighted by atomic mass is 9.71. The molecule has 0 heterocycles. The molecule has 0 aliphatic heterocycles. The first-order valence-corrected chi connectivity index (χ1v) is 24.2. The fourth-order valence-corrected chi connectivity index (χ4v) is 11.8. The maximum Gasteiger partial charge on any atom is 0.0467 e. The molecule has 0 atom stereocenters. The molecule has 0 saturated heterocycles. The summed E-state index contributed by atoms with van der Waals surface area (Å²) in [6, 6.07) is 63.2. The van der Waals surface area contributed by atoms with E-state index in [0.29, 0.717) is 5.92 Å². The van der Waals surface area contributed by atoms with Crippen LogP contribution in [0.2, 0.25) is 0 Å². The minimum absolute atomic E-state index is 0.0151. The van der Waals surface area contributed by atoms with E-state index in [9.17, 15) is 0 Å². The zero-order valence-corrected chi connectivity index (χ0v) is 37.1. The average molecular weight is 810 g/mol. The van der Waals surface area contributed by atoms with Gasteiger partial charge in [0.2, 0.25) is 0 Å². The second-order valence-corrected chi connectivity index (χ2v) is 18.8. The fourth-order valence-electron chi connectivity index (χ4n) is 11.8. The van der Waals surface area contributed by atoms with Crippen molar-refractivity contribution in [1.82, 2.24) is 0 Å². The summed E-state index contributed by atoms with van der Waals surface area (Å²) in [5.74, 6) is 1.41. The molecule has 0 amide bonds. The Morgan fingerprint density at radius 1 is 0.387 bits per heavy atom. The summed E-state index contributed by atoms with van der Waals surface area (Å²) in [6.45, 7) is 4.71. The van der Waals surface area contributed by atoms with E-state index in [-0.39, 0.29) is 5.41 Å². The third-order valence-electron chi connectivity index (χ3n) is 14.9. The van der Waals surface area contributed by atoms with Crippen molar-refractivity contribution in [2.24, 2.45) is 0 Å². The lowest BCUT2D eigenvalue weighted by molar-refractivity contribution is 0.436. The van der Waals surface area contributed by atoms with Gasteiger partial charge in [-0.1, -0.05) is 187 Å². The van der Waals surface area contributed by atoms with Crippen molar-refractivity contribution >= 4 is 17.1 Å². The molecule has 1 nitrogen and oxygen atoms in total. The van der Waals surface area contributed by atoms with Crippen molar-refractivity contribution in [3.63, 3.8) is 0 Å². The summed E-state index contributed by atoms with van der Waals surface area (Å²) in [5, 5.41) is 0. The molecule has 0 unspecified atom stereocenters. The standard InChI is InChI=1S/C61H63N/c1-3-38-61(39-4-2)59-27-12-11-26-57(59)58-37-36-56(43-60(58)61)62(54-34-32-48(33-35-54)50-21-13-20-49(40-50)45-18-9-6-10-19-45)55-25-15-24-53(42-55)52-23-14-22-51(41-52)47-30-28-46(29-31-47)44-16-7-5-8-17-44/h11-15,20-37,40-45H,3-10,16-19,38-39H2,1-2H3. The van der Waals surface area contributed by atoms with Gasteiger partial charge in [-0.2, -0.15) is 0 Å². The van der Waals surface area contributed by atoms with Gasteiger partial charge in [0.15, 0.2) is 0 Å². The van der Waals surface area contributed by atoms with E-state index in [4.69, 9.17) is 0 Å². The molecule has 0 radical (unpaired) electrons. The van der Waals surface area contributed by atoms with E-state index in [2.05, 4.69) is 183 Å². The number of fused-ring (bicyclic) bond motifs is 3. The van der Waals surface area contributed by atoms with Gasteiger partial charge in [0.05, 0.1) is 0 Å². The molecule has 3 aliphatic carbocycles. The van der Waals surface area contributed by atoms with Crippen LogP contribution in [0.1, 0.15) is 138 Å². The molecule has 1 heteroatoms. The Morgan fingerprint density at radius 2 is 0.903 bits per heavy atom. The molecule has 0 N–H and O–H groups in total. The number of hydrogen-bond donors (Lipinski definition) is 0. The molecule has 3 aliphatic rings. The predicted octanol–water partition coefficient (Wildman–Crippen LogP) is 18.1. The Morgan fingerprint density at radius 3 is 1.58 bits per heavy atom. The largest absolute Gasteiger partial charge is 0.310 e. The normalized spacial score (nSPS) is 16.2. The molecule has 7 aromatic rings. The van der Waals surface area contributed by atoms with Crippen LogP contribution < -0.4 is 4.90 Å². The van der Waals surface area contributed by atoms with Crippen LogP contribution in [0, 0.1) is 0 Å². The number of anilines is 3. The van der Waals surface area contributed by atoms with E-state index < -0.39 is 0 Å². The summed E-state index contributed by atoms with van der Waals surface area (Å²) in [6.07, 6.45) is 18.1. The number of benzene rings is 7. The fraction of sp³-hybridized carbons (Fsp3) is 0.311. The minimum Gasteiger partial charge on any atom is -0.310 e. The van der Waals surface area contributed by atoms with E-state index >= 15 is 0 Å². The van der Waals surface area contributed by atoms with Crippen LogP contribution in [0.4, 0.5) is 17.1 Å². The zero-order valence-electron chi connectivity index (χ0n) is 37.1. The summed E-state index contributed by atoms with van der Waals surface area (Å²) in [7, 11) is 0. The predicted molar refractivity (Wildman–Crippen MR) is 265 cm³/mol. The highest BCUT2D eigenvalue weighted by atomic mass is 15.1. The van der Waals surface area contributed by atoms with E-state index in [1.165, 1.54) is 148 Å². The topological polar surface area (TPSA) is 3.24 Å². The van der Waals surface area contributed by atoms with Gasteiger partial charge in [-0.25, -0.2) is 0 Å². The smallest absolute Gasteiger partial charge is 0.0467 e. The van der Waals surface area contributed by atoms with Crippen molar-refractivity contribution in [3.05, 3.63) is 186 Å². The van der Waals surface area contributed by atoms with Gasteiger partial charge in [-0.15, -0.1) is 0 Å². The highest BCUT2D eigenvalue weighted by Gasteiger charge is 2.42. The van der Waals surface area contributed by atoms with Crippen molar-refractivity contribution in [2.45, 2.75) is 121 Å². The Labute approximate surface area is 371 Å². The number of nitrogens with zero attached hydrogens (tertiary/aromatic N) is 1. The SMILES string of the molecule is CCCC1(CCC)c2ccccc2-c2ccc(N(c3ccc(-c4cccc(C5CCCCC5)c4)cc3)c3cccc(-c4cccc(-c5ccc(C6CCCCC6)cc5)c4)c3)cc21. The van der Waals surface area contributed by atoms with Crippen LogP contribution in [-0.4, -0.2) is 0 Å². The lowest BCUT2D eigenvalue weighted by Gasteiger charge is -2.33. The van der Waals surface area contributed by atoms with Gasteiger partial charge in [-0.3, -0.25) is 0 Å². The highest BCUT2D eigenvalue weighted by Crippen LogP contribution is 2.55. The first kappa shape index (κ1) is 40.4. The van der Waals surface area contributed by atoms with E-state index in [0.717, 1.165) is 31.6 Å². The van der Waals surface area contributed by atoms with Gasteiger partial charge in [0.1, 0.15) is 0 Å². The van der Waals surface area contributed by atoms with E-state index in [1.54, 1.807) is 0 Å². The van der Waals surface area contributed by atoms with Crippen molar-refractivity contribution in [1.29, 1.82) is 0 Å². The molecular weight excluding hydrogens is 747 g/mol. The van der Waals surface area contributed by atoms with E-state index in [1.807, 2.05) is 0 Å². The maximum atomic E-state index is 2.55. The molecule has 2 saturated carbocycles. The molecule has 0 aromatic heterocycles. The zero-order chi connectivity index (χ0) is 41.9. The van der Waals surface area contributed by atoms with Gasteiger partial charge >= 0.3 is 0 Å². The lowest BCUT2D eigenvalue weighted by Crippen LogP contribution is -2.25. The van der Waals surface area contributed by atoms with Gasteiger partial charge in [0, 0.05) is 22.5 Å². The molecule has 312 valence electrons. The second-order valence-electron chi connectivity index (χ2n) is 18.8. The highest BCUT2D eigenvalue weighted by molar-refractivity contribution is 5.87. The molecule has 7 aromatic carbocycles. The molecule has 2 fully saturated rings. The second kappa shape index (κ2) is 18.0. The van der Waals surface area contributed by atoms with Gasteiger partial charge in [-0.05, 0) is 160 Å². The molecule has 0 bridgehead atoms. The van der Waals surface area contributed by atoms with Crippen molar-refractivity contribution in [2.75, 3.05) is 4.90 Å². The summed E-state index contributed by atoms with van der Waals surface area (Å²) < 4.78 is 0. The monoisotopic (exact) mass is 809 g/mol. The van der Waals surface area contributed by atoms with Crippen LogP contribution in [-0.2, 0) is 5.41 Å². The molecular formula is C61H63N. The Bertz CT molecular complexity index is 2610. The number of rotatable bonds is 12. The Balaban J connectivity index is 1.04. The summed E-state index contributed by atoms with van der Waals surface area (Å²) in [4.78, 5) is 2.51. The molecule has 10 rings (SSSR count).